The van der Waals surface area contributed by atoms with Gasteiger partial charge in [-0.05, 0) is 37.8 Å². The second-order valence-corrected chi connectivity index (χ2v) is 7.72. The van der Waals surface area contributed by atoms with Crippen molar-refractivity contribution >= 4 is 23.2 Å². The molecule has 1 atom stereocenters. The van der Waals surface area contributed by atoms with Crippen LogP contribution in [0.5, 0.6) is 0 Å². The topological polar surface area (TPSA) is 78.4 Å². The minimum Gasteiger partial charge on any atom is -0.388 e. The first-order chi connectivity index (χ1) is 10.9. The molecule has 0 aromatic carbocycles. The summed E-state index contributed by atoms with van der Waals surface area (Å²) in [6, 6.07) is 3.60. The highest BCUT2D eigenvalue weighted by Crippen LogP contribution is 2.32. The summed E-state index contributed by atoms with van der Waals surface area (Å²) in [6.45, 7) is 4.00. The molecule has 1 fully saturated rings. The molecule has 6 heteroatoms. The summed E-state index contributed by atoms with van der Waals surface area (Å²) in [5, 5.41) is 16.2. The zero-order valence-electron chi connectivity index (χ0n) is 13.9. The minimum atomic E-state index is -0.855. The van der Waals surface area contributed by atoms with Crippen molar-refractivity contribution in [3.8, 4) is 0 Å². The maximum Gasteiger partial charge on any atom is 0.261 e. The van der Waals surface area contributed by atoms with Crippen molar-refractivity contribution in [1.82, 2.24) is 10.6 Å². The molecular weight excluding hydrogens is 312 g/mol. The lowest BCUT2D eigenvalue weighted by Gasteiger charge is -2.35. The number of hydrogen-bond acceptors (Lipinski definition) is 4. The molecule has 3 N–H and O–H groups in total. The molecule has 128 valence electrons. The molecule has 0 unspecified atom stereocenters. The Labute approximate surface area is 141 Å². The summed E-state index contributed by atoms with van der Waals surface area (Å²) in [5.74, 6) is 0.00306. The number of rotatable bonds is 6. The summed E-state index contributed by atoms with van der Waals surface area (Å²) >= 11 is 1.36. The second kappa shape index (κ2) is 7.93. The van der Waals surface area contributed by atoms with Crippen LogP contribution in [0.3, 0.4) is 0 Å². The van der Waals surface area contributed by atoms with Crippen molar-refractivity contribution in [1.29, 1.82) is 0 Å². The zero-order chi connectivity index (χ0) is 16.9. The summed E-state index contributed by atoms with van der Waals surface area (Å²) in [4.78, 5) is 24.7. The van der Waals surface area contributed by atoms with Crippen LogP contribution in [0, 0.1) is 5.92 Å². The molecule has 2 amide bonds. The van der Waals surface area contributed by atoms with Crippen LogP contribution in [-0.4, -0.2) is 29.1 Å². The van der Waals surface area contributed by atoms with Crippen molar-refractivity contribution in [2.75, 3.05) is 6.54 Å². The molecule has 0 aliphatic heterocycles. The molecule has 0 radical (unpaired) electrons. The van der Waals surface area contributed by atoms with Crippen molar-refractivity contribution in [2.45, 2.75) is 58.1 Å². The molecule has 1 aliphatic rings. The fourth-order valence-electron chi connectivity index (χ4n) is 3.02. The monoisotopic (exact) mass is 338 g/mol. The van der Waals surface area contributed by atoms with Gasteiger partial charge in [-0.25, -0.2) is 0 Å². The van der Waals surface area contributed by atoms with Crippen LogP contribution in [0.1, 0.15) is 60.5 Å². The highest BCUT2D eigenvalue weighted by Gasteiger charge is 2.33. The maximum atomic E-state index is 12.2. The van der Waals surface area contributed by atoms with Gasteiger partial charge >= 0.3 is 0 Å². The number of carbonyl (C=O) groups is 2. The van der Waals surface area contributed by atoms with Crippen molar-refractivity contribution in [2.24, 2.45) is 5.92 Å². The molecule has 2 rings (SSSR count). The first-order valence-electron chi connectivity index (χ1n) is 8.22. The third-order valence-corrected chi connectivity index (χ3v) is 5.57. The fourth-order valence-corrected chi connectivity index (χ4v) is 3.89. The van der Waals surface area contributed by atoms with Crippen LogP contribution < -0.4 is 10.6 Å². The smallest absolute Gasteiger partial charge is 0.261 e. The van der Waals surface area contributed by atoms with Gasteiger partial charge in [0.25, 0.3) is 5.91 Å². The molecule has 23 heavy (non-hydrogen) atoms. The van der Waals surface area contributed by atoms with E-state index >= 15 is 0 Å². The van der Waals surface area contributed by atoms with Gasteiger partial charge in [0.05, 0.1) is 17.0 Å². The van der Waals surface area contributed by atoms with Crippen LogP contribution >= 0.6 is 11.3 Å². The second-order valence-electron chi connectivity index (χ2n) is 6.55. The van der Waals surface area contributed by atoms with Crippen LogP contribution in [0.4, 0.5) is 0 Å². The van der Waals surface area contributed by atoms with Gasteiger partial charge in [-0.2, -0.15) is 0 Å². The summed E-state index contributed by atoms with van der Waals surface area (Å²) in [6.07, 6.45) is 5.62. The molecule has 1 aromatic rings. The van der Waals surface area contributed by atoms with E-state index in [-0.39, 0.29) is 24.3 Å². The van der Waals surface area contributed by atoms with E-state index < -0.39 is 5.60 Å². The third-order valence-electron chi connectivity index (χ3n) is 4.49. The van der Waals surface area contributed by atoms with Gasteiger partial charge in [0.15, 0.2) is 0 Å². The summed E-state index contributed by atoms with van der Waals surface area (Å²) in [5.41, 5.74) is -0.855. The Morgan fingerprint density at radius 3 is 2.61 bits per heavy atom. The standard InChI is InChI=1S/C17H26N2O3S/c1-12(20)18-10-14-8-9-15(23-14)16(21)19-11-17(2,22)13-6-4-3-5-7-13/h8-9,13,22H,3-7,10-11H2,1-2H3,(H,18,20)(H,19,21)/t17-/m0/s1. The van der Waals surface area contributed by atoms with Gasteiger partial charge in [-0.3, -0.25) is 9.59 Å². The van der Waals surface area contributed by atoms with Crippen LogP contribution in [-0.2, 0) is 11.3 Å². The van der Waals surface area contributed by atoms with E-state index in [0.717, 1.165) is 30.6 Å². The Bertz CT molecular complexity index is 548. The van der Waals surface area contributed by atoms with E-state index in [1.54, 1.807) is 6.07 Å². The summed E-state index contributed by atoms with van der Waals surface area (Å²) in [7, 11) is 0. The van der Waals surface area contributed by atoms with E-state index in [9.17, 15) is 14.7 Å². The van der Waals surface area contributed by atoms with Crippen LogP contribution in [0.25, 0.3) is 0 Å². The molecule has 1 aliphatic carbocycles. The molecule has 1 saturated carbocycles. The molecule has 1 aromatic heterocycles. The van der Waals surface area contributed by atoms with Gasteiger partial charge < -0.3 is 15.7 Å². The van der Waals surface area contributed by atoms with E-state index in [0.29, 0.717) is 11.4 Å². The van der Waals surface area contributed by atoms with Crippen LogP contribution in [0.2, 0.25) is 0 Å². The lowest BCUT2D eigenvalue weighted by Crippen LogP contribution is -2.46. The number of hydrogen-bond donors (Lipinski definition) is 3. The number of amides is 2. The third kappa shape index (κ3) is 5.32. The van der Waals surface area contributed by atoms with E-state index in [1.807, 2.05) is 13.0 Å². The molecule has 0 spiro atoms. The Kier molecular flexibility index (Phi) is 6.18. The van der Waals surface area contributed by atoms with E-state index in [2.05, 4.69) is 10.6 Å². The van der Waals surface area contributed by atoms with E-state index in [1.165, 1.54) is 24.7 Å². The fraction of sp³-hybridized carbons (Fsp3) is 0.647. The quantitative estimate of drug-likeness (QED) is 0.745. The Balaban J connectivity index is 1.85. The number of nitrogens with one attached hydrogen (secondary N) is 2. The first kappa shape index (κ1) is 17.9. The maximum absolute atomic E-state index is 12.2. The minimum absolute atomic E-state index is 0.0899. The van der Waals surface area contributed by atoms with E-state index in [4.69, 9.17) is 0 Å². The first-order valence-corrected chi connectivity index (χ1v) is 9.04. The molecule has 0 bridgehead atoms. The predicted octanol–water partition coefficient (Wildman–Crippen LogP) is 2.45. The average Bonchev–Trinajstić information content (AvgIpc) is 3.00. The number of thiophene rings is 1. The number of carbonyl (C=O) groups excluding carboxylic acids is 2. The van der Waals surface area contributed by atoms with Gasteiger partial charge in [0.2, 0.25) is 5.91 Å². The van der Waals surface area contributed by atoms with Gasteiger partial charge in [-0.1, -0.05) is 19.3 Å². The Hall–Kier alpha value is -1.40. The lowest BCUT2D eigenvalue weighted by molar-refractivity contribution is -0.119. The average molecular weight is 338 g/mol. The highest BCUT2D eigenvalue weighted by molar-refractivity contribution is 7.14. The highest BCUT2D eigenvalue weighted by atomic mass is 32.1. The van der Waals surface area contributed by atoms with Gasteiger partial charge in [-0.15, -0.1) is 11.3 Å². The molecule has 5 nitrogen and oxygen atoms in total. The number of aliphatic hydroxyl groups is 1. The lowest BCUT2D eigenvalue weighted by atomic mass is 9.78. The molecule has 0 saturated heterocycles. The largest absolute Gasteiger partial charge is 0.388 e. The molecule has 1 heterocycles. The summed E-state index contributed by atoms with van der Waals surface area (Å²) < 4.78 is 0. The van der Waals surface area contributed by atoms with Crippen molar-refractivity contribution in [3.63, 3.8) is 0 Å². The predicted molar refractivity (Wildman–Crippen MR) is 91.4 cm³/mol. The van der Waals surface area contributed by atoms with Crippen molar-refractivity contribution in [3.05, 3.63) is 21.9 Å². The van der Waals surface area contributed by atoms with Gasteiger partial charge in [0.1, 0.15) is 0 Å². The Morgan fingerprint density at radius 2 is 1.96 bits per heavy atom. The molecular formula is C17H26N2O3S. The van der Waals surface area contributed by atoms with Crippen molar-refractivity contribution < 1.29 is 14.7 Å². The zero-order valence-corrected chi connectivity index (χ0v) is 14.7. The van der Waals surface area contributed by atoms with Gasteiger partial charge in [0, 0.05) is 18.3 Å². The van der Waals surface area contributed by atoms with Crippen LogP contribution in [0.15, 0.2) is 12.1 Å². The normalized spacial score (nSPS) is 18.2. The SMILES string of the molecule is CC(=O)NCc1ccc(C(=O)NC[C@](C)(O)C2CCCCC2)s1. The Morgan fingerprint density at radius 1 is 1.26 bits per heavy atom.